The Morgan fingerprint density at radius 1 is 1.56 bits per heavy atom. The van der Waals surface area contributed by atoms with Gasteiger partial charge in [0.1, 0.15) is 22.8 Å². The van der Waals surface area contributed by atoms with E-state index in [0.29, 0.717) is 17.1 Å². The number of carboxylic acid groups (broad SMARTS) is 1. The number of carboxylic acids is 1. The second-order valence-electron chi connectivity index (χ2n) is 3.03. The largest absolute Gasteiger partial charge is 0.494 e. The Kier molecular flexibility index (Phi) is 2.55. The van der Waals surface area contributed by atoms with Crippen molar-refractivity contribution in [3.8, 4) is 17.1 Å². The Morgan fingerprint density at radius 2 is 2.38 bits per heavy atom. The van der Waals surface area contributed by atoms with Crippen LogP contribution >= 0.6 is 0 Å². The normalized spacial score (nSPS) is 10.1. The molecule has 0 radical (unpaired) electrons. The number of H-pyrrole nitrogens is 1. The number of hydrogen-bond acceptors (Lipinski definition) is 4. The van der Waals surface area contributed by atoms with Gasteiger partial charge >= 0.3 is 5.97 Å². The van der Waals surface area contributed by atoms with Crippen LogP contribution in [0.1, 0.15) is 10.5 Å². The van der Waals surface area contributed by atoms with Gasteiger partial charge in [-0.05, 0) is 12.1 Å². The summed E-state index contributed by atoms with van der Waals surface area (Å²) in [5, 5.41) is 15.0. The SMILES string of the molecule is COc1cccnc1-c1cc(C(=O)O)[nH]n1. The molecule has 0 aliphatic rings. The van der Waals surface area contributed by atoms with Crippen LogP contribution in [0.3, 0.4) is 0 Å². The molecule has 0 spiro atoms. The second kappa shape index (κ2) is 4.01. The third-order valence-corrected chi connectivity index (χ3v) is 2.04. The molecule has 2 aromatic heterocycles. The van der Waals surface area contributed by atoms with Crippen molar-refractivity contribution in [3.05, 3.63) is 30.1 Å². The van der Waals surface area contributed by atoms with E-state index in [1.54, 1.807) is 18.3 Å². The van der Waals surface area contributed by atoms with Crippen LogP contribution in [0.15, 0.2) is 24.4 Å². The number of nitrogens with zero attached hydrogens (tertiary/aromatic N) is 2. The van der Waals surface area contributed by atoms with Crippen molar-refractivity contribution in [2.24, 2.45) is 0 Å². The highest BCUT2D eigenvalue weighted by atomic mass is 16.5. The Bertz CT molecular complexity index is 522. The molecule has 2 rings (SSSR count). The zero-order chi connectivity index (χ0) is 11.5. The van der Waals surface area contributed by atoms with Crippen LogP contribution in [0.2, 0.25) is 0 Å². The number of aromatic carboxylic acids is 1. The molecule has 0 aliphatic heterocycles. The molecule has 2 heterocycles. The highest BCUT2D eigenvalue weighted by molar-refractivity contribution is 5.86. The van der Waals surface area contributed by atoms with Crippen LogP contribution in [0.25, 0.3) is 11.4 Å². The molecular weight excluding hydrogens is 210 g/mol. The van der Waals surface area contributed by atoms with E-state index in [9.17, 15) is 4.79 Å². The number of rotatable bonds is 3. The van der Waals surface area contributed by atoms with E-state index in [2.05, 4.69) is 15.2 Å². The molecule has 0 aromatic carbocycles. The first-order valence-corrected chi connectivity index (χ1v) is 4.50. The number of carbonyl (C=O) groups is 1. The van der Waals surface area contributed by atoms with E-state index < -0.39 is 5.97 Å². The van der Waals surface area contributed by atoms with E-state index in [-0.39, 0.29) is 5.69 Å². The zero-order valence-electron chi connectivity index (χ0n) is 8.47. The lowest BCUT2D eigenvalue weighted by Gasteiger charge is -2.03. The molecule has 0 saturated heterocycles. The number of hydrogen-bond donors (Lipinski definition) is 2. The highest BCUT2D eigenvalue weighted by Crippen LogP contribution is 2.25. The van der Waals surface area contributed by atoms with Crippen molar-refractivity contribution in [1.29, 1.82) is 0 Å². The Balaban J connectivity index is 2.46. The maximum absolute atomic E-state index is 10.7. The molecule has 0 aliphatic carbocycles. The number of nitrogens with one attached hydrogen (secondary N) is 1. The lowest BCUT2D eigenvalue weighted by Crippen LogP contribution is -1.95. The van der Waals surface area contributed by atoms with Gasteiger partial charge in [0.15, 0.2) is 0 Å². The summed E-state index contributed by atoms with van der Waals surface area (Å²) in [7, 11) is 1.52. The van der Waals surface area contributed by atoms with E-state index in [1.165, 1.54) is 13.2 Å². The fourth-order valence-electron chi connectivity index (χ4n) is 1.30. The number of ether oxygens (including phenoxy) is 1. The van der Waals surface area contributed by atoms with Crippen LogP contribution in [0, 0.1) is 0 Å². The fraction of sp³-hybridized carbons (Fsp3) is 0.100. The van der Waals surface area contributed by atoms with E-state index in [4.69, 9.17) is 9.84 Å². The number of aromatic nitrogens is 3. The van der Waals surface area contributed by atoms with Gasteiger partial charge in [-0.1, -0.05) is 0 Å². The third kappa shape index (κ3) is 1.72. The summed E-state index contributed by atoms with van der Waals surface area (Å²) in [5.74, 6) is -0.514. The zero-order valence-corrected chi connectivity index (χ0v) is 8.47. The van der Waals surface area contributed by atoms with Crippen molar-refractivity contribution in [2.45, 2.75) is 0 Å². The van der Waals surface area contributed by atoms with Gasteiger partial charge in [0, 0.05) is 12.3 Å². The van der Waals surface area contributed by atoms with Gasteiger partial charge in [-0.3, -0.25) is 10.1 Å². The monoisotopic (exact) mass is 219 g/mol. The average molecular weight is 219 g/mol. The van der Waals surface area contributed by atoms with Gasteiger partial charge < -0.3 is 9.84 Å². The van der Waals surface area contributed by atoms with Crippen molar-refractivity contribution in [3.63, 3.8) is 0 Å². The maximum atomic E-state index is 10.7. The maximum Gasteiger partial charge on any atom is 0.353 e. The minimum Gasteiger partial charge on any atom is -0.494 e. The van der Waals surface area contributed by atoms with Crippen LogP contribution in [-0.4, -0.2) is 33.4 Å². The molecule has 82 valence electrons. The van der Waals surface area contributed by atoms with Gasteiger partial charge in [-0.15, -0.1) is 0 Å². The van der Waals surface area contributed by atoms with Crippen molar-refractivity contribution in [2.75, 3.05) is 7.11 Å². The lowest BCUT2D eigenvalue weighted by molar-refractivity contribution is 0.0690. The second-order valence-corrected chi connectivity index (χ2v) is 3.03. The Morgan fingerprint density at radius 3 is 3.00 bits per heavy atom. The summed E-state index contributed by atoms with van der Waals surface area (Å²) in [6.07, 6.45) is 1.59. The molecule has 6 heteroatoms. The number of pyridine rings is 1. The van der Waals surface area contributed by atoms with Crippen LogP contribution in [-0.2, 0) is 0 Å². The third-order valence-electron chi connectivity index (χ3n) is 2.04. The summed E-state index contributed by atoms with van der Waals surface area (Å²) in [4.78, 5) is 14.8. The topological polar surface area (TPSA) is 88.1 Å². The minimum absolute atomic E-state index is 0.0164. The molecule has 0 fully saturated rings. The average Bonchev–Trinajstić information content (AvgIpc) is 2.78. The Hall–Kier alpha value is -2.37. The number of aromatic amines is 1. The number of methoxy groups -OCH3 is 1. The van der Waals surface area contributed by atoms with Gasteiger partial charge in [-0.25, -0.2) is 4.79 Å². The van der Waals surface area contributed by atoms with Crippen LogP contribution in [0.4, 0.5) is 0 Å². The molecule has 2 aromatic rings. The summed E-state index contributed by atoms with van der Waals surface area (Å²) < 4.78 is 5.11. The summed E-state index contributed by atoms with van der Waals surface area (Å²) in [5.41, 5.74) is 0.964. The molecule has 0 atom stereocenters. The standard InChI is InChI=1S/C10H9N3O3/c1-16-8-3-2-4-11-9(8)6-5-7(10(14)15)13-12-6/h2-5H,1H3,(H,12,13)(H,14,15). The fourth-order valence-corrected chi connectivity index (χ4v) is 1.30. The predicted octanol–water partition coefficient (Wildman–Crippen LogP) is 1.18. The van der Waals surface area contributed by atoms with E-state index >= 15 is 0 Å². The van der Waals surface area contributed by atoms with Crippen LogP contribution in [0.5, 0.6) is 5.75 Å². The van der Waals surface area contributed by atoms with E-state index in [0.717, 1.165) is 0 Å². The predicted molar refractivity (Wildman–Crippen MR) is 55.3 cm³/mol. The van der Waals surface area contributed by atoms with Crippen molar-refractivity contribution >= 4 is 5.97 Å². The lowest BCUT2D eigenvalue weighted by atomic mass is 10.2. The first kappa shape index (κ1) is 10.2. The Labute approximate surface area is 90.9 Å². The molecule has 0 bridgehead atoms. The van der Waals surface area contributed by atoms with Gasteiger partial charge in [-0.2, -0.15) is 5.10 Å². The molecular formula is C10H9N3O3. The summed E-state index contributed by atoms with van der Waals surface area (Å²) >= 11 is 0. The molecule has 0 amide bonds. The molecule has 2 N–H and O–H groups in total. The van der Waals surface area contributed by atoms with Crippen molar-refractivity contribution in [1.82, 2.24) is 15.2 Å². The molecule has 0 unspecified atom stereocenters. The van der Waals surface area contributed by atoms with E-state index in [1.807, 2.05) is 0 Å². The molecule has 0 saturated carbocycles. The van der Waals surface area contributed by atoms with Gasteiger partial charge in [0.05, 0.1) is 7.11 Å². The summed E-state index contributed by atoms with van der Waals surface area (Å²) in [6.45, 7) is 0. The van der Waals surface area contributed by atoms with Gasteiger partial charge in [0.2, 0.25) is 0 Å². The van der Waals surface area contributed by atoms with Gasteiger partial charge in [0.25, 0.3) is 0 Å². The van der Waals surface area contributed by atoms with Crippen LogP contribution < -0.4 is 4.74 Å². The van der Waals surface area contributed by atoms with Crippen molar-refractivity contribution < 1.29 is 14.6 Å². The molecule has 16 heavy (non-hydrogen) atoms. The molecule has 6 nitrogen and oxygen atoms in total. The smallest absolute Gasteiger partial charge is 0.353 e. The minimum atomic E-state index is -1.06. The first-order valence-electron chi connectivity index (χ1n) is 4.50. The quantitative estimate of drug-likeness (QED) is 0.809. The first-order chi connectivity index (χ1) is 7.72. The highest BCUT2D eigenvalue weighted by Gasteiger charge is 2.13. The summed E-state index contributed by atoms with van der Waals surface area (Å²) in [6, 6.07) is 4.87.